The number of aldehydes is 1. The van der Waals surface area contributed by atoms with E-state index >= 15 is 0 Å². The van der Waals surface area contributed by atoms with Crippen LogP contribution in [0.4, 0.5) is 15.9 Å². The lowest BCUT2D eigenvalue weighted by atomic mass is 9.89. The van der Waals surface area contributed by atoms with Gasteiger partial charge in [0, 0.05) is 23.9 Å². The van der Waals surface area contributed by atoms with Gasteiger partial charge in [-0.1, -0.05) is 32.6 Å². The van der Waals surface area contributed by atoms with Gasteiger partial charge in [-0.3, -0.25) is 4.79 Å². The van der Waals surface area contributed by atoms with Gasteiger partial charge in [-0.2, -0.15) is 0 Å². The molecule has 0 unspecified atom stereocenters. The number of carbonyl (C=O) groups excluding carboxylic acids is 2. The van der Waals surface area contributed by atoms with E-state index < -0.39 is 0 Å². The first kappa shape index (κ1) is 27.4. The molecule has 4 rings (SSSR count). The Morgan fingerprint density at radius 2 is 1.77 bits per heavy atom. The van der Waals surface area contributed by atoms with Gasteiger partial charge in [0.1, 0.15) is 29.9 Å². The van der Waals surface area contributed by atoms with Gasteiger partial charge in [-0.15, -0.1) is 0 Å². The molecule has 35 heavy (non-hydrogen) atoms. The molecule has 2 aromatic heterocycles. The number of aryl methyl sites for hydroxylation is 1. The zero-order chi connectivity index (χ0) is 26.1. The van der Waals surface area contributed by atoms with Crippen molar-refractivity contribution < 1.29 is 14.0 Å². The summed E-state index contributed by atoms with van der Waals surface area (Å²) in [7, 11) is 1.89. The number of nitrogens with zero attached hydrogens (tertiary/aromatic N) is 3. The molecule has 0 saturated heterocycles. The fraction of sp³-hybridized carbons (Fsp3) is 0.333. The number of anilines is 2. The monoisotopic (exact) mass is 479 g/mol. The summed E-state index contributed by atoms with van der Waals surface area (Å²) in [5.41, 5.74) is 11.1. The van der Waals surface area contributed by atoms with Crippen LogP contribution in [0.1, 0.15) is 58.9 Å². The topological polar surface area (TPSA) is 103 Å². The average molecular weight is 480 g/mol. The number of hydrogen-bond donors (Lipinski definition) is 2. The first-order chi connectivity index (χ1) is 16.8. The first-order valence-corrected chi connectivity index (χ1v) is 11.7. The predicted octanol–water partition coefficient (Wildman–Crippen LogP) is 6.22. The molecule has 1 aliphatic carbocycles. The van der Waals surface area contributed by atoms with Crippen LogP contribution in [-0.2, 0) is 16.6 Å². The number of allylic oxidation sites excluding steroid dienone is 2. The number of halogens is 1. The van der Waals surface area contributed by atoms with Gasteiger partial charge in [0.05, 0.1) is 11.1 Å². The quantitative estimate of drug-likeness (QED) is 0.342. The van der Waals surface area contributed by atoms with E-state index in [-0.39, 0.29) is 11.7 Å². The van der Waals surface area contributed by atoms with Crippen LogP contribution < -0.4 is 11.1 Å². The summed E-state index contributed by atoms with van der Waals surface area (Å²) in [6.45, 7) is 10.8. The van der Waals surface area contributed by atoms with E-state index in [1.165, 1.54) is 13.3 Å². The predicted molar refractivity (Wildman–Crippen MR) is 141 cm³/mol. The van der Waals surface area contributed by atoms with Gasteiger partial charge >= 0.3 is 0 Å². The Balaban J connectivity index is 0.000000803. The van der Waals surface area contributed by atoms with Crippen molar-refractivity contribution in [2.24, 2.45) is 7.05 Å². The van der Waals surface area contributed by atoms with Crippen LogP contribution in [0, 0.1) is 0 Å². The molecule has 0 spiro atoms. The highest BCUT2D eigenvalue weighted by atomic mass is 19.1. The van der Waals surface area contributed by atoms with E-state index in [1.807, 2.05) is 49.7 Å². The highest BCUT2D eigenvalue weighted by molar-refractivity contribution is 6.05. The van der Waals surface area contributed by atoms with Gasteiger partial charge in [0.25, 0.3) is 5.91 Å². The van der Waals surface area contributed by atoms with Crippen molar-refractivity contribution in [1.29, 1.82) is 0 Å². The van der Waals surface area contributed by atoms with Crippen molar-refractivity contribution in [2.45, 2.75) is 53.4 Å². The van der Waals surface area contributed by atoms with E-state index in [9.17, 15) is 9.18 Å². The van der Waals surface area contributed by atoms with Crippen LogP contribution in [-0.4, -0.2) is 26.7 Å². The molecule has 1 aromatic carbocycles. The lowest BCUT2D eigenvalue weighted by molar-refractivity contribution is -0.112. The van der Waals surface area contributed by atoms with Crippen molar-refractivity contribution in [1.82, 2.24) is 14.5 Å². The van der Waals surface area contributed by atoms with Gasteiger partial charge < -0.3 is 20.4 Å². The van der Waals surface area contributed by atoms with Crippen LogP contribution in [0.25, 0.3) is 27.9 Å². The molecule has 3 aromatic rings. The van der Waals surface area contributed by atoms with Crippen molar-refractivity contribution in [3.8, 4) is 11.3 Å². The molecule has 2 heterocycles. The zero-order valence-corrected chi connectivity index (χ0v) is 21.1. The highest BCUT2D eigenvalue weighted by Gasteiger charge is 2.26. The molecule has 3 N–H and O–H groups in total. The van der Waals surface area contributed by atoms with E-state index in [0.717, 1.165) is 35.9 Å². The van der Waals surface area contributed by atoms with Crippen LogP contribution in [0.15, 0.2) is 48.6 Å². The Morgan fingerprint density at radius 1 is 1.17 bits per heavy atom. The van der Waals surface area contributed by atoms with Crippen LogP contribution in [0.2, 0.25) is 0 Å². The summed E-state index contributed by atoms with van der Waals surface area (Å²) in [5, 5.41) is 3.48. The average Bonchev–Trinajstić information content (AvgIpc) is 3.15. The van der Waals surface area contributed by atoms with E-state index in [2.05, 4.69) is 21.9 Å². The number of fused-ring (bicyclic) bond motifs is 1. The Kier molecular flexibility index (Phi) is 9.87. The smallest absolute Gasteiger partial charge is 0.250 e. The Bertz CT molecular complexity index is 1240. The number of rotatable bonds is 4. The van der Waals surface area contributed by atoms with Gasteiger partial charge in [-0.05, 0) is 62.8 Å². The van der Waals surface area contributed by atoms with Crippen molar-refractivity contribution in [2.75, 3.05) is 11.1 Å². The number of amides is 1. The highest BCUT2D eigenvalue weighted by Crippen LogP contribution is 2.44. The Morgan fingerprint density at radius 3 is 2.34 bits per heavy atom. The molecule has 7 nitrogen and oxygen atoms in total. The van der Waals surface area contributed by atoms with E-state index in [0.29, 0.717) is 46.5 Å². The van der Waals surface area contributed by atoms with E-state index in [4.69, 9.17) is 10.5 Å². The zero-order valence-electron chi connectivity index (χ0n) is 21.1. The molecule has 0 fully saturated rings. The normalized spacial score (nSPS) is 12.7. The number of benzene rings is 1. The molecular weight excluding hydrogens is 445 g/mol. The Labute approximate surface area is 206 Å². The maximum Gasteiger partial charge on any atom is 0.250 e. The molecule has 186 valence electrons. The molecule has 0 atom stereocenters. The third-order valence-corrected chi connectivity index (χ3v) is 5.50. The first-order valence-electron chi connectivity index (χ1n) is 11.7. The standard InChI is InChI=1S/C23H24FN5O.C2H4O.C2H6/c1-13(2)23(30)28-15-10-8-14(9-11-15)20-18(16-6-4-5-7-17(16)24)19-21(25)26-12-27-22(19)29(20)3;1-2-3;1-2/h8-12H,1,4-7H2,2-3H3,(H,28,30)(H2,25,26,27);2H,1H3;1-2H3. The fourth-order valence-corrected chi connectivity index (χ4v) is 3.99. The minimum Gasteiger partial charge on any atom is -0.383 e. The fourth-order valence-electron chi connectivity index (χ4n) is 3.99. The summed E-state index contributed by atoms with van der Waals surface area (Å²) < 4.78 is 16.8. The third-order valence-electron chi connectivity index (χ3n) is 5.50. The second-order valence-electron chi connectivity index (χ2n) is 7.88. The second-order valence-corrected chi connectivity index (χ2v) is 7.88. The van der Waals surface area contributed by atoms with Gasteiger partial charge in [-0.25, -0.2) is 14.4 Å². The molecule has 1 aliphatic rings. The number of carbonyl (C=O) groups is 2. The minimum absolute atomic E-state index is 0.0939. The lowest BCUT2D eigenvalue weighted by Crippen LogP contribution is -2.11. The van der Waals surface area contributed by atoms with Crippen molar-refractivity contribution >= 4 is 40.3 Å². The van der Waals surface area contributed by atoms with Crippen molar-refractivity contribution in [3.05, 3.63) is 54.1 Å². The maximum atomic E-state index is 14.9. The molecule has 0 bridgehead atoms. The second kappa shape index (κ2) is 12.6. The van der Waals surface area contributed by atoms with Crippen LogP contribution in [0.5, 0.6) is 0 Å². The number of nitrogen functional groups attached to an aromatic ring is 1. The summed E-state index contributed by atoms with van der Waals surface area (Å²) in [5.74, 6) is 0.0159. The largest absolute Gasteiger partial charge is 0.383 e. The molecule has 1 amide bonds. The number of aromatic nitrogens is 3. The van der Waals surface area contributed by atoms with Crippen LogP contribution >= 0.6 is 0 Å². The summed E-state index contributed by atoms with van der Waals surface area (Å²) in [4.78, 5) is 29.2. The van der Waals surface area contributed by atoms with Crippen molar-refractivity contribution in [3.63, 3.8) is 0 Å². The minimum atomic E-state index is -0.231. The molecular formula is C27H34FN5O2. The van der Waals surface area contributed by atoms with E-state index in [1.54, 1.807) is 6.92 Å². The molecule has 8 heteroatoms. The maximum absolute atomic E-state index is 14.9. The summed E-state index contributed by atoms with van der Waals surface area (Å²) in [6.07, 6.45) is 5.04. The molecule has 0 saturated carbocycles. The van der Waals surface area contributed by atoms with Gasteiger partial charge in [0.2, 0.25) is 0 Å². The van der Waals surface area contributed by atoms with Gasteiger partial charge in [0.15, 0.2) is 0 Å². The summed E-state index contributed by atoms with van der Waals surface area (Å²) in [6, 6.07) is 7.43. The SMILES string of the molecule is C=C(C)C(=O)Nc1ccc(-c2c(C3=C(F)CCCC3)c3c(N)ncnc3n2C)cc1.CC.CC=O. The molecule has 0 aliphatic heterocycles. The summed E-state index contributed by atoms with van der Waals surface area (Å²) >= 11 is 0. The molecule has 0 radical (unpaired) electrons. The number of nitrogens with two attached hydrogens (primary N) is 1. The number of hydrogen-bond acceptors (Lipinski definition) is 5. The Hall–Kier alpha value is -3.81. The third kappa shape index (κ3) is 6.01. The lowest BCUT2D eigenvalue weighted by Gasteiger charge is -2.17. The van der Waals surface area contributed by atoms with Crippen LogP contribution in [0.3, 0.4) is 0 Å². The number of nitrogens with one attached hydrogen (secondary N) is 1.